The van der Waals surface area contributed by atoms with Gasteiger partial charge in [0.1, 0.15) is 4.90 Å². The fourth-order valence-electron chi connectivity index (χ4n) is 4.19. The van der Waals surface area contributed by atoms with Crippen LogP contribution in [0.4, 0.5) is 0 Å². The molecule has 3 heterocycles. The Labute approximate surface area is 167 Å². The molecule has 158 valence electrons. The van der Waals surface area contributed by atoms with Gasteiger partial charge in [-0.15, -0.1) is 0 Å². The van der Waals surface area contributed by atoms with Crippen LogP contribution in [0.25, 0.3) is 0 Å². The summed E-state index contributed by atoms with van der Waals surface area (Å²) in [6.07, 6.45) is 4.45. The summed E-state index contributed by atoms with van der Waals surface area (Å²) in [6, 6.07) is 0. The molecule has 0 aromatic carbocycles. The molecule has 0 aliphatic carbocycles. The highest BCUT2D eigenvalue weighted by Gasteiger charge is 2.32. The topological polar surface area (TPSA) is 84.7 Å². The third-order valence-corrected chi connectivity index (χ3v) is 7.92. The maximum atomic E-state index is 13.1. The second-order valence-corrected chi connectivity index (χ2v) is 9.62. The van der Waals surface area contributed by atoms with Gasteiger partial charge >= 0.3 is 5.97 Å². The molecule has 2 aliphatic rings. The van der Waals surface area contributed by atoms with E-state index in [1.165, 1.54) is 0 Å². The van der Waals surface area contributed by atoms with Crippen LogP contribution in [0.1, 0.15) is 50.4 Å². The second-order valence-electron chi connectivity index (χ2n) is 7.75. The summed E-state index contributed by atoms with van der Waals surface area (Å²) in [5, 5.41) is 4.53. The van der Waals surface area contributed by atoms with Crippen molar-refractivity contribution in [2.75, 3.05) is 32.8 Å². The van der Waals surface area contributed by atoms with Crippen molar-refractivity contribution >= 4 is 16.0 Å². The van der Waals surface area contributed by atoms with Gasteiger partial charge < -0.3 is 4.74 Å². The van der Waals surface area contributed by atoms with Crippen LogP contribution in [0.3, 0.4) is 0 Å². The van der Waals surface area contributed by atoms with Gasteiger partial charge in [0.25, 0.3) is 0 Å². The third kappa shape index (κ3) is 4.41. The van der Waals surface area contributed by atoms with E-state index in [-0.39, 0.29) is 11.9 Å². The Morgan fingerprint density at radius 3 is 2.36 bits per heavy atom. The molecule has 9 heteroatoms. The minimum atomic E-state index is -3.50. The Morgan fingerprint density at radius 1 is 1.11 bits per heavy atom. The lowest BCUT2D eigenvalue weighted by atomic mass is 9.97. The van der Waals surface area contributed by atoms with Crippen molar-refractivity contribution in [1.82, 2.24) is 19.0 Å². The first-order chi connectivity index (χ1) is 13.3. The molecule has 0 atom stereocenters. The number of likely N-dealkylation sites (tertiary alicyclic amines) is 1. The quantitative estimate of drug-likeness (QED) is 0.664. The molecule has 0 spiro atoms. The van der Waals surface area contributed by atoms with E-state index in [2.05, 4.69) is 10.00 Å². The van der Waals surface area contributed by atoms with E-state index in [1.54, 1.807) is 15.9 Å². The number of aryl methyl sites for hydroxylation is 1. The zero-order chi connectivity index (χ0) is 20.3. The number of hydrogen-bond acceptors (Lipinski definition) is 6. The van der Waals surface area contributed by atoms with Crippen LogP contribution >= 0.6 is 0 Å². The number of hydrogen-bond donors (Lipinski definition) is 0. The molecule has 3 rings (SSSR count). The van der Waals surface area contributed by atoms with Gasteiger partial charge in [-0.2, -0.15) is 9.40 Å². The highest BCUT2D eigenvalue weighted by atomic mass is 32.2. The normalized spacial score (nSPS) is 20.4. The number of nitrogens with zero attached hydrogens (tertiary/aromatic N) is 4. The highest BCUT2D eigenvalue weighted by Crippen LogP contribution is 2.27. The van der Waals surface area contributed by atoms with Crippen LogP contribution in [-0.4, -0.2) is 66.2 Å². The number of carbonyl (C=O) groups is 1. The Bertz CT molecular complexity index is 791. The van der Waals surface area contributed by atoms with Crippen LogP contribution in [-0.2, 0) is 26.2 Å². The van der Waals surface area contributed by atoms with Crippen molar-refractivity contribution in [3.63, 3.8) is 0 Å². The molecule has 0 unspecified atom stereocenters. The minimum absolute atomic E-state index is 0.0355. The first kappa shape index (κ1) is 21.3. The zero-order valence-electron chi connectivity index (χ0n) is 17.2. The predicted molar refractivity (Wildman–Crippen MR) is 105 cm³/mol. The number of aromatic nitrogens is 2. The first-order valence-corrected chi connectivity index (χ1v) is 11.7. The number of esters is 1. The molecule has 2 saturated heterocycles. The minimum Gasteiger partial charge on any atom is -0.466 e. The largest absolute Gasteiger partial charge is 0.466 e. The van der Waals surface area contributed by atoms with E-state index < -0.39 is 10.0 Å². The summed E-state index contributed by atoms with van der Waals surface area (Å²) in [4.78, 5) is 14.5. The van der Waals surface area contributed by atoms with Crippen molar-refractivity contribution in [3.8, 4) is 0 Å². The van der Waals surface area contributed by atoms with Crippen molar-refractivity contribution in [3.05, 3.63) is 11.4 Å². The van der Waals surface area contributed by atoms with Crippen LogP contribution in [0.5, 0.6) is 0 Å². The molecule has 8 nitrogen and oxygen atoms in total. The molecular formula is C19H32N4O4S. The lowest BCUT2D eigenvalue weighted by molar-refractivity contribution is -0.149. The number of carbonyl (C=O) groups excluding carboxylic acids is 1. The highest BCUT2D eigenvalue weighted by molar-refractivity contribution is 7.89. The Kier molecular flexibility index (Phi) is 6.77. The maximum Gasteiger partial charge on any atom is 0.309 e. The van der Waals surface area contributed by atoms with Gasteiger partial charge in [0.15, 0.2) is 0 Å². The number of rotatable bonds is 6. The molecule has 1 aromatic heterocycles. The molecule has 0 amide bonds. The monoisotopic (exact) mass is 412 g/mol. The second kappa shape index (κ2) is 8.92. The van der Waals surface area contributed by atoms with Crippen LogP contribution in [0.2, 0.25) is 0 Å². The van der Waals surface area contributed by atoms with Gasteiger partial charge in [0.05, 0.1) is 30.6 Å². The average Bonchev–Trinajstić information content (AvgIpc) is 2.97. The van der Waals surface area contributed by atoms with Crippen LogP contribution in [0.15, 0.2) is 4.90 Å². The summed E-state index contributed by atoms with van der Waals surface area (Å²) >= 11 is 0. The van der Waals surface area contributed by atoms with Gasteiger partial charge in [-0.25, -0.2) is 8.42 Å². The predicted octanol–water partition coefficient (Wildman–Crippen LogP) is 1.91. The summed E-state index contributed by atoms with van der Waals surface area (Å²) < 4.78 is 34.8. The molecular weight excluding hydrogens is 380 g/mol. The SMILES string of the molecule is CCOC(=O)C1CCN(Cn2nc(C)c(S(=O)(=O)N3CCCCC3)c2C)CC1. The Morgan fingerprint density at radius 2 is 1.75 bits per heavy atom. The molecule has 0 bridgehead atoms. The Balaban J connectivity index is 1.68. The molecule has 0 saturated carbocycles. The lowest BCUT2D eigenvalue weighted by Gasteiger charge is -2.31. The molecule has 2 aliphatic heterocycles. The van der Waals surface area contributed by atoms with Crippen molar-refractivity contribution in [1.29, 1.82) is 0 Å². The standard InChI is InChI=1S/C19H32N4O4S/c1-4-27-19(24)17-8-12-21(13-9-17)14-23-16(3)18(15(2)20-23)28(25,26)22-10-6-5-7-11-22/h17H,4-14H2,1-3H3. The molecule has 2 fully saturated rings. The van der Waals surface area contributed by atoms with Crippen molar-refractivity contribution < 1.29 is 17.9 Å². The number of sulfonamides is 1. The summed E-state index contributed by atoms with van der Waals surface area (Å²) in [7, 11) is -3.50. The van der Waals surface area contributed by atoms with E-state index >= 15 is 0 Å². The molecule has 0 radical (unpaired) electrons. The van der Waals surface area contributed by atoms with E-state index in [9.17, 15) is 13.2 Å². The fraction of sp³-hybridized carbons (Fsp3) is 0.789. The van der Waals surface area contributed by atoms with E-state index in [1.807, 2.05) is 13.8 Å². The zero-order valence-corrected chi connectivity index (χ0v) is 18.0. The fourth-order valence-corrected chi connectivity index (χ4v) is 6.08. The van der Waals surface area contributed by atoms with Crippen molar-refractivity contribution in [2.24, 2.45) is 5.92 Å². The van der Waals surface area contributed by atoms with Gasteiger partial charge in [-0.1, -0.05) is 6.42 Å². The van der Waals surface area contributed by atoms with E-state index in [0.29, 0.717) is 42.6 Å². The molecule has 1 aromatic rings. The van der Waals surface area contributed by atoms with Gasteiger partial charge in [0, 0.05) is 26.2 Å². The number of ether oxygens (including phenoxy) is 1. The van der Waals surface area contributed by atoms with Crippen LogP contribution < -0.4 is 0 Å². The molecule has 0 N–H and O–H groups in total. The van der Waals surface area contributed by atoms with Gasteiger partial charge in [-0.05, 0) is 46.5 Å². The van der Waals surface area contributed by atoms with E-state index in [4.69, 9.17) is 4.74 Å². The van der Waals surface area contributed by atoms with Gasteiger partial charge in [-0.3, -0.25) is 14.4 Å². The van der Waals surface area contributed by atoms with Crippen LogP contribution in [0, 0.1) is 19.8 Å². The smallest absolute Gasteiger partial charge is 0.309 e. The van der Waals surface area contributed by atoms with E-state index in [0.717, 1.165) is 45.2 Å². The van der Waals surface area contributed by atoms with Crippen molar-refractivity contribution in [2.45, 2.75) is 64.4 Å². The van der Waals surface area contributed by atoms with Gasteiger partial charge in [0.2, 0.25) is 10.0 Å². The first-order valence-electron chi connectivity index (χ1n) is 10.3. The Hall–Kier alpha value is -1.45. The molecule has 28 heavy (non-hydrogen) atoms. The third-order valence-electron chi connectivity index (χ3n) is 5.77. The summed E-state index contributed by atoms with van der Waals surface area (Å²) in [5.41, 5.74) is 1.25. The average molecular weight is 413 g/mol. The maximum absolute atomic E-state index is 13.1. The lowest BCUT2D eigenvalue weighted by Crippen LogP contribution is -2.38. The number of piperidine rings is 2. The summed E-state index contributed by atoms with van der Waals surface area (Å²) in [6.45, 7) is 9.12. The summed E-state index contributed by atoms with van der Waals surface area (Å²) in [5.74, 6) is -0.144.